The third-order valence-electron chi connectivity index (χ3n) is 2.37. The Labute approximate surface area is 102 Å². The Hall–Kier alpha value is -1.02. The highest BCUT2D eigenvalue weighted by Gasteiger charge is 2.11. The lowest BCUT2D eigenvalue weighted by Gasteiger charge is -2.15. The van der Waals surface area contributed by atoms with Crippen molar-refractivity contribution in [1.29, 1.82) is 0 Å². The Morgan fingerprint density at radius 3 is 2.38 bits per heavy atom. The third-order valence-corrected chi connectivity index (χ3v) is 2.55. The highest BCUT2D eigenvalue weighted by Crippen LogP contribution is 2.07. The Kier molecular flexibility index (Phi) is 4.81. The van der Waals surface area contributed by atoms with Crippen molar-refractivity contribution >= 4 is 17.5 Å². The molecule has 0 aliphatic heterocycles. The first-order valence-corrected chi connectivity index (χ1v) is 5.94. The van der Waals surface area contributed by atoms with Gasteiger partial charge in [-0.05, 0) is 39.3 Å². The molecule has 2 nitrogen and oxygen atoms in total. The Morgan fingerprint density at radius 2 is 1.88 bits per heavy atom. The summed E-state index contributed by atoms with van der Waals surface area (Å²) in [4.78, 5) is 11.8. The molecule has 1 N–H and O–H groups in total. The van der Waals surface area contributed by atoms with Crippen molar-refractivity contribution in [3.05, 3.63) is 35.4 Å². The fraction of sp³-hybridized carbons (Fsp3) is 0.462. The van der Waals surface area contributed by atoms with Crippen molar-refractivity contribution < 1.29 is 4.79 Å². The average molecular weight is 240 g/mol. The number of hydrogen-bond acceptors (Lipinski definition) is 1. The molecule has 2 atom stereocenters. The quantitative estimate of drug-likeness (QED) is 0.804. The lowest BCUT2D eigenvalue weighted by atomic mass is 10.1. The van der Waals surface area contributed by atoms with E-state index < -0.39 is 0 Å². The first-order valence-electron chi connectivity index (χ1n) is 5.50. The largest absolute Gasteiger partial charge is 0.350 e. The second-order valence-corrected chi connectivity index (χ2v) is 5.00. The summed E-state index contributed by atoms with van der Waals surface area (Å²) in [7, 11) is 0. The molecule has 0 heterocycles. The van der Waals surface area contributed by atoms with Gasteiger partial charge >= 0.3 is 0 Å². The molecule has 0 bridgehead atoms. The third kappa shape index (κ3) is 4.23. The summed E-state index contributed by atoms with van der Waals surface area (Å²) in [6.45, 7) is 5.89. The van der Waals surface area contributed by atoms with Gasteiger partial charge in [0.25, 0.3) is 5.91 Å². The van der Waals surface area contributed by atoms with Crippen molar-refractivity contribution in [2.45, 2.75) is 38.6 Å². The summed E-state index contributed by atoms with van der Waals surface area (Å²) in [5, 5.41) is 3.00. The van der Waals surface area contributed by atoms with E-state index >= 15 is 0 Å². The lowest BCUT2D eigenvalue weighted by molar-refractivity contribution is 0.0938. The van der Waals surface area contributed by atoms with Gasteiger partial charge in [-0.1, -0.05) is 17.7 Å². The minimum atomic E-state index is -0.0372. The van der Waals surface area contributed by atoms with Gasteiger partial charge in [-0.2, -0.15) is 0 Å². The van der Waals surface area contributed by atoms with Gasteiger partial charge < -0.3 is 5.32 Å². The molecule has 1 aromatic rings. The van der Waals surface area contributed by atoms with Crippen LogP contribution in [0.5, 0.6) is 0 Å². The molecule has 0 saturated carbocycles. The number of alkyl halides is 1. The van der Waals surface area contributed by atoms with Crippen LogP contribution >= 0.6 is 11.6 Å². The molecule has 2 unspecified atom stereocenters. The predicted molar refractivity (Wildman–Crippen MR) is 68.0 cm³/mol. The fourth-order valence-electron chi connectivity index (χ4n) is 1.56. The van der Waals surface area contributed by atoms with Crippen LogP contribution in [-0.4, -0.2) is 17.3 Å². The van der Waals surface area contributed by atoms with Crippen LogP contribution in [0.2, 0.25) is 0 Å². The number of halogens is 1. The molecule has 0 aliphatic rings. The summed E-state index contributed by atoms with van der Waals surface area (Å²) in [6, 6.07) is 7.64. The van der Waals surface area contributed by atoms with Crippen molar-refractivity contribution in [3.8, 4) is 0 Å². The standard InChI is InChI=1S/C13H18ClNO/c1-9-4-6-12(7-5-9)13(16)15-11(3)8-10(2)14/h4-7,10-11H,8H2,1-3H3,(H,15,16). The zero-order chi connectivity index (χ0) is 12.1. The Bertz CT molecular complexity index is 345. The predicted octanol–water partition coefficient (Wildman–Crippen LogP) is 3.13. The molecule has 0 spiro atoms. The number of benzene rings is 1. The molecule has 3 heteroatoms. The van der Waals surface area contributed by atoms with Gasteiger partial charge in [0.1, 0.15) is 0 Å². The highest BCUT2D eigenvalue weighted by molar-refractivity contribution is 6.20. The number of aryl methyl sites for hydroxylation is 1. The molecule has 0 aliphatic carbocycles. The topological polar surface area (TPSA) is 29.1 Å². The van der Waals surface area contributed by atoms with Crippen LogP contribution in [0.15, 0.2) is 24.3 Å². The Morgan fingerprint density at radius 1 is 1.31 bits per heavy atom. The number of nitrogens with one attached hydrogen (secondary N) is 1. The number of rotatable bonds is 4. The van der Waals surface area contributed by atoms with Crippen molar-refractivity contribution in [1.82, 2.24) is 5.32 Å². The van der Waals surface area contributed by atoms with E-state index in [1.165, 1.54) is 0 Å². The fourth-order valence-corrected chi connectivity index (χ4v) is 1.83. The lowest BCUT2D eigenvalue weighted by Crippen LogP contribution is -2.33. The molecular formula is C13H18ClNO. The normalized spacial score (nSPS) is 14.2. The van der Waals surface area contributed by atoms with Gasteiger partial charge in [0, 0.05) is 17.0 Å². The van der Waals surface area contributed by atoms with Crippen LogP contribution in [0.25, 0.3) is 0 Å². The maximum absolute atomic E-state index is 11.8. The SMILES string of the molecule is Cc1ccc(C(=O)NC(C)CC(C)Cl)cc1. The van der Waals surface area contributed by atoms with Crippen LogP contribution in [0.3, 0.4) is 0 Å². The molecular weight excluding hydrogens is 222 g/mol. The van der Waals surface area contributed by atoms with Crippen LogP contribution < -0.4 is 5.32 Å². The second kappa shape index (κ2) is 5.90. The molecule has 0 saturated heterocycles. The van der Waals surface area contributed by atoms with E-state index in [1.54, 1.807) is 0 Å². The van der Waals surface area contributed by atoms with Crippen LogP contribution in [-0.2, 0) is 0 Å². The second-order valence-electron chi connectivity index (χ2n) is 4.26. The van der Waals surface area contributed by atoms with E-state index in [0.29, 0.717) is 5.56 Å². The van der Waals surface area contributed by atoms with Crippen LogP contribution in [0, 0.1) is 6.92 Å². The van der Waals surface area contributed by atoms with Crippen molar-refractivity contribution in [2.24, 2.45) is 0 Å². The van der Waals surface area contributed by atoms with Gasteiger partial charge in [-0.3, -0.25) is 4.79 Å². The first kappa shape index (κ1) is 13.0. The summed E-state index contributed by atoms with van der Waals surface area (Å²) < 4.78 is 0. The van der Waals surface area contributed by atoms with E-state index in [4.69, 9.17) is 11.6 Å². The van der Waals surface area contributed by atoms with Crippen molar-refractivity contribution in [2.75, 3.05) is 0 Å². The molecule has 1 rings (SSSR count). The molecule has 0 radical (unpaired) electrons. The van der Waals surface area contributed by atoms with Crippen LogP contribution in [0.1, 0.15) is 36.2 Å². The highest BCUT2D eigenvalue weighted by atomic mass is 35.5. The molecule has 16 heavy (non-hydrogen) atoms. The average Bonchev–Trinajstić information content (AvgIpc) is 2.16. The Balaban J connectivity index is 2.55. The van der Waals surface area contributed by atoms with Crippen LogP contribution in [0.4, 0.5) is 0 Å². The molecule has 1 aromatic carbocycles. The minimum absolute atomic E-state index is 0.0372. The molecule has 0 fully saturated rings. The molecule has 0 aromatic heterocycles. The number of carbonyl (C=O) groups is 1. The summed E-state index contributed by atoms with van der Waals surface area (Å²) >= 11 is 5.87. The van der Waals surface area contributed by atoms with Gasteiger partial charge in [0.15, 0.2) is 0 Å². The summed E-state index contributed by atoms with van der Waals surface area (Å²) in [5.74, 6) is -0.0372. The van der Waals surface area contributed by atoms with E-state index in [0.717, 1.165) is 12.0 Å². The van der Waals surface area contributed by atoms with E-state index in [1.807, 2.05) is 45.0 Å². The number of carbonyl (C=O) groups excluding carboxylic acids is 1. The monoisotopic (exact) mass is 239 g/mol. The van der Waals surface area contributed by atoms with Gasteiger partial charge in [-0.15, -0.1) is 11.6 Å². The van der Waals surface area contributed by atoms with Gasteiger partial charge in [0.2, 0.25) is 0 Å². The minimum Gasteiger partial charge on any atom is -0.350 e. The summed E-state index contributed by atoms with van der Waals surface area (Å²) in [5.41, 5.74) is 1.85. The molecule has 88 valence electrons. The zero-order valence-corrected chi connectivity index (χ0v) is 10.7. The van der Waals surface area contributed by atoms with E-state index in [9.17, 15) is 4.79 Å². The van der Waals surface area contributed by atoms with E-state index in [-0.39, 0.29) is 17.3 Å². The van der Waals surface area contributed by atoms with E-state index in [2.05, 4.69) is 5.32 Å². The van der Waals surface area contributed by atoms with Gasteiger partial charge in [-0.25, -0.2) is 0 Å². The first-order chi connectivity index (χ1) is 7.49. The van der Waals surface area contributed by atoms with Crippen molar-refractivity contribution in [3.63, 3.8) is 0 Å². The maximum Gasteiger partial charge on any atom is 0.251 e. The zero-order valence-electron chi connectivity index (χ0n) is 9.96. The maximum atomic E-state index is 11.8. The smallest absolute Gasteiger partial charge is 0.251 e. The molecule has 1 amide bonds. The number of amides is 1. The summed E-state index contributed by atoms with van der Waals surface area (Å²) in [6.07, 6.45) is 0.777. The number of hydrogen-bond donors (Lipinski definition) is 1. The van der Waals surface area contributed by atoms with Gasteiger partial charge in [0.05, 0.1) is 0 Å².